The number of amides is 2. The molecule has 3 heteroatoms. The second-order valence-corrected chi connectivity index (χ2v) is 4.97. The Morgan fingerprint density at radius 2 is 1.80 bits per heavy atom. The van der Waals surface area contributed by atoms with Gasteiger partial charge in [0, 0.05) is 12.6 Å². The molecule has 2 aliphatic carbocycles. The van der Waals surface area contributed by atoms with E-state index in [-0.39, 0.29) is 6.03 Å². The van der Waals surface area contributed by atoms with E-state index in [1.807, 2.05) is 0 Å². The Morgan fingerprint density at radius 1 is 1.07 bits per heavy atom. The van der Waals surface area contributed by atoms with E-state index in [1.165, 1.54) is 32.1 Å². The Kier molecular flexibility index (Phi) is 3.87. The van der Waals surface area contributed by atoms with Gasteiger partial charge in [-0.1, -0.05) is 32.1 Å². The number of hydrogen-bond acceptors (Lipinski definition) is 1. The Bertz CT molecular complexity index is 208. The summed E-state index contributed by atoms with van der Waals surface area (Å²) in [7, 11) is 0. The highest BCUT2D eigenvalue weighted by Crippen LogP contribution is 2.28. The largest absolute Gasteiger partial charge is 0.338 e. The van der Waals surface area contributed by atoms with E-state index in [2.05, 4.69) is 10.6 Å². The van der Waals surface area contributed by atoms with E-state index in [0.717, 1.165) is 31.7 Å². The second-order valence-electron chi connectivity index (χ2n) is 4.97. The van der Waals surface area contributed by atoms with Crippen LogP contribution < -0.4 is 10.6 Å². The molecule has 0 bridgehead atoms. The molecule has 0 heterocycles. The molecule has 2 N–H and O–H groups in total. The average Bonchev–Trinajstić information content (AvgIpc) is 2.62. The van der Waals surface area contributed by atoms with Crippen molar-refractivity contribution in [1.29, 1.82) is 0 Å². The third kappa shape index (κ3) is 3.40. The van der Waals surface area contributed by atoms with Gasteiger partial charge in [0.2, 0.25) is 0 Å². The molecular formula is C12H22N2O. The molecule has 2 saturated carbocycles. The lowest BCUT2D eigenvalue weighted by Gasteiger charge is -2.25. The Hall–Kier alpha value is -0.730. The van der Waals surface area contributed by atoms with Crippen molar-refractivity contribution < 1.29 is 4.79 Å². The molecule has 0 spiro atoms. The standard InChI is InChI=1S/C12H22N2O/c15-12(14-11-6-1-2-7-11)13-9-8-10-4-3-5-10/h10-11H,1-9H2,(H2,13,14,15). The first kappa shape index (κ1) is 10.8. The van der Waals surface area contributed by atoms with Crippen LogP contribution in [0.15, 0.2) is 0 Å². The number of nitrogens with one attached hydrogen (secondary N) is 2. The minimum Gasteiger partial charge on any atom is -0.338 e. The van der Waals surface area contributed by atoms with E-state index < -0.39 is 0 Å². The predicted octanol–water partition coefficient (Wildman–Crippen LogP) is 2.42. The number of hydrogen-bond donors (Lipinski definition) is 2. The van der Waals surface area contributed by atoms with Crippen LogP contribution in [0.25, 0.3) is 0 Å². The van der Waals surface area contributed by atoms with E-state index in [4.69, 9.17) is 0 Å². The molecule has 3 nitrogen and oxygen atoms in total. The Balaban J connectivity index is 1.51. The van der Waals surface area contributed by atoms with Crippen LogP contribution in [0.4, 0.5) is 4.79 Å². The summed E-state index contributed by atoms with van der Waals surface area (Å²) in [6.07, 6.45) is 10.2. The molecule has 0 radical (unpaired) electrons. The zero-order valence-corrected chi connectivity index (χ0v) is 9.43. The fourth-order valence-electron chi connectivity index (χ4n) is 2.48. The Morgan fingerprint density at radius 3 is 2.40 bits per heavy atom. The van der Waals surface area contributed by atoms with Gasteiger partial charge in [-0.3, -0.25) is 0 Å². The number of carbonyl (C=O) groups is 1. The fourth-order valence-corrected chi connectivity index (χ4v) is 2.48. The minimum absolute atomic E-state index is 0.0428. The topological polar surface area (TPSA) is 41.1 Å². The molecule has 2 fully saturated rings. The summed E-state index contributed by atoms with van der Waals surface area (Å²) in [5.41, 5.74) is 0. The van der Waals surface area contributed by atoms with Gasteiger partial charge in [-0.25, -0.2) is 4.79 Å². The van der Waals surface area contributed by atoms with Crippen LogP contribution >= 0.6 is 0 Å². The molecule has 0 aromatic rings. The van der Waals surface area contributed by atoms with Crippen molar-refractivity contribution in [2.75, 3.05) is 6.54 Å². The fraction of sp³-hybridized carbons (Fsp3) is 0.917. The molecular weight excluding hydrogens is 188 g/mol. The highest BCUT2D eigenvalue weighted by Gasteiger charge is 2.18. The molecule has 0 unspecified atom stereocenters. The van der Waals surface area contributed by atoms with E-state index in [0.29, 0.717) is 6.04 Å². The van der Waals surface area contributed by atoms with Crippen molar-refractivity contribution in [1.82, 2.24) is 10.6 Å². The van der Waals surface area contributed by atoms with E-state index in [1.54, 1.807) is 0 Å². The molecule has 0 aromatic heterocycles. The molecule has 0 atom stereocenters. The van der Waals surface area contributed by atoms with Crippen molar-refractivity contribution in [3.63, 3.8) is 0 Å². The summed E-state index contributed by atoms with van der Waals surface area (Å²) in [6.45, 7) is 0.850. The van der Waals surface area contributed by atoms with Crippen molar-refractivity contribution in [3.8, 4) is 0 Å². The minimum atomic E-state index is 0.0428. The summed E-state index contributed by atoms with van der Waals surface area (Å²) < 4.78 is 0. The number of urea groups is 1. The molecule has 2 amide bonds. The molecule has 15 heavy (non-hydrogen) atoms. The van der Waals surface area contributed by atoms with Crippen LogP contribution in [0.3, 0.4) is 0 Å². The molecule has 0 aliphatic heterocycles. The lowest BCUT2D eigenvalue weighted by atomic mass is 9.83. The maximum absolute atomic E-state index is 11.5. The zero-order chi connectivity index (χ0) is 10.5. The molecule has 86 valence electrons. The summed E-state index contributed by atoms with van der Waals surface area (Å²) in [5, 5.41) is 6.00. The van der Waals surface area contributed by atoms with Crippen LogP contribution in [0.5, 0.6) is 0 Å². The van der Waals surface area contributed by atoms with Gasteiger partial charge in [0.25, 0.3) is 0 Å². The lowest BCUT2D eigenvalue weighted by Crippen LogP contribution is -2.41. The first-order chi connectivity index (χ1) is 7.34. The van der Waals surface area contributed by atoms with Gasteiger partial charge in [-0.2, -0.15) is 0 Å². The first-order valence-corrected chi connectivity index (χ1v) is 6.39. The third-order valence-corrected chi connectivity index (χ3v) is 3.75. The van der Waals surface area contributed by atoms with Crippen LogP contribution in [0, 0.1) is 5.92 Å². The monoisotopic (exact) mass is 210 g/mol. The normalized spacial score (nSPS) is 22.4. The van der Waals surface area contributed by atoms with Gasteiger partial charge in [0.1, 0.15) is 0 Å². The van der Waals surface area contributed by atoms with Gasteiger partial charge in [0.05, 0.1) is 0 Å². The van der Waals surface area contributed by atoms with Gasteiger partial charge in [-0.05, 0) is 25.2 Å². The lowest BCUT2D eigenvalue weighted by molar-refractivity contribution is 0.233. The highest BCUT2D eigenvalue weighted by molar-refractivity contribution is 5.74. The van der Waals surface area contributed by atoms with Gasteiger partial charge in [0.15, 0.2) is 0 Å². The zero-order valence-electron chi connectivity index (χ0n) is 9.43. The predicted molar refractivity (Wildman–Crippen MR) is 60.7 cm³/mol. The third-order valence-electron chi connectivity index (χ3n) is 3.75. The van der Waals surface area contributed by atoms with E-state index in [9.17, 15) is 4.79 Å². The van der Waals surface area contributed by atoms with Gasteiger partial charge >= 0.3 is 6.03 Å². The van der Waals surface area contributed by atoms with Crippen LogP contribution in [-0.4, -0.2) is 18.6 Å². The number of carbonyl (C=O) groups excluding carboxylic acids is 1. The SMILES string of the molecule is O=C(NCCC1CCC1)NC1CCCC1. The highest BCUT2D eigenvalue weighted by atomic mass is 16.2. The molecule has 0 saturated heterocycles. The summed E-state index contributed by atoms with van der Waals surface area (Å²) in [6, 6.07) is 0.481. The smallest absolute Gasteiger partial charge is 0.315 e. The van der Waals surface area contributed by atoms with Crippen LogP contribution in [-0.2, 0) is 0 Å². The maximum atomic E-state index is 11.5. The van der Waals surface area contributed by atoms with E-state index >= 15 is 0 Å². The Labute approximate surface area is 92.0 Å². The van der Waals surface area contributed by atoms with Crippen molar-refractivity contribution >= 4 is 6.03 Å². The summed E-state index contributed by atoms with van der Waals surface area (Å²) in [5.74, 6) is 0.886. The molecule has 0 aromatic carbocycles. The number of rotatable bonds is 4. The molecule has 2 aliphatic rings. The van der Waals surface area contributed by atoms with Crippen LogP contribution in [0.1, 0.15) is 51.4 Å². The quantitative estimate of drug-likeness (QED) is 0.735. The summed E-state index contributed by atoms with van der Waals surface area (Å²) in [4.78, 5) is 11.5. The second kappa shape index (κ2) is 5.38. The maximum Gasteiger partial charge on any atom is 0.315 e. The van der Waals surface area contributed by atoms with Gasteiger partial charge < -0.3 is 10.6 Å². The van der Waals surface area contributed by atoms with Crippen LogP contribution in [0.2, 0.25) is 0 Å². The van der Waals surface area contributed by atoms with Gasteiger partial charge in [-0.15, -0.1) is 0 Å². The average molecular weight is 210 g/mol. The molecule has 2 rings (SSSR count). The summed E-state index contributed by atoms with van der Waals surface area (Å²) >= 11 is 0. The van der Waals surface area contributed by atoms with Crippen molar-refractivity contribution in [3.05, 3.63) is 0 Å². The first-order valence-electron chi connectivity index (χ1n) is 6.39. The van der Waals surface area contributed by atoms with Crippen molar-refractivity contribution in [2.24, 2.45) is 5.92 Å². The van der Waals surface area contributed by atoms with Crippen molar-refractivity contribution in [2.45, 2.75) is 57.4 Å².